The summed E-state index contributed by atoms with van der Waals surface area (Å²) in [4.78, 5) is 24.5. The zero-order valence-electron chi connectivity index (χ0n) is 11.1. The van der Waals surface area contributed by atoms with Gasteiger partial charge in [-0.05, 0) is 37.6 Å². The monoisotopic (exact) mass is 256 g/mol. The molecule has 0 aromatic carbocycles. The number of carbonyl (C=O) groups excluding carboxylic acids is 1. The minimum absolute atomic E-state index is 0.118. The second kappa shape index (κ2) is 7.36. The number of nitrogens with two attached hydrogens (primary N) is 1. The molecule has 0 bridgehead atoms. The van der Waals surface area contributed by atoms with Gasteiger partial charge in [0.1, 0.15) is 0 Å². The van der Waals surface area contributed by atoms with Crippen molar-refractivity contribution in [1.82, 2.24) is 4.90 Å². The van der Waals surface area contributed by atoms with Crippen LogP contribution in [0.3, 0.4) is 0 Å². The molecule has 0 spiro atoms. The average Bonchev–Trinajstić information content (AvgIpc) is 2.35. The van der Waals surface area contributed by atoms with Gasteiger partial charge in [-0.15, -0.1) is 0 Å². The zero-order chi connectivity index (χ0) is 13.5. The van der Waals surface area contributed by atoms with Crippen LogP contribution >= 0.6 is 0 Å². The van der Waals surface area contributed by atoms with Crippen LogP contribution in [0.2, 0.25) is 0 Å². The van der Waals surface area contributed by atoms with Gasteiger partial charge in [0.2, 0.25) is 5.91 Å². The van der Waals surface area contributed by atoms with Gasteiger partial charge in [0.15, 0.2) is 0 Å². The third-order valence-electron chi connectivity index (χ3n) is 3.59. The molecule has 1 rings (SSSR count). The third-order valence-corrected chi connectivity index (χ3v) is 3.59. The van der Waals surface area contributed by atoms with E-state index in [-0.39, 0.29) is 18.2 Å². The van der Waals surface area contributed by atoms with E-state index < -0.39 is 5.97 Å². The van der Waals surface area contributed by atoms with E-state index in [0.717, 1.165) is 25.8 Å². The molecule has 5 heteroatoms. The first kappa shape index (κ1) is 15.0. The Hall–Kier alpha value is -1.10. The van der Waals surface area contributed by atoms with Gasteiger partial charge in [-0.2, -0.15) is 0 Å². The smallest absolute Gasteiger partial charge is 0.303 e. The van der Waals surface area contributed by atoms with E-state index in [1.54, 1.807) is 0 Å². The highest BCUT2D eigenvalue weighted by molar-refractivity contribution is 5.76. The van der Waals surface area contributed by atoms with Crippen molar-refractivity contribution < 1.29 is 14.7 Å². The normalized spacial score (nSPS) is 21.7. The topological polar surface area (TPSA) is 83.6 Å². The molecule has 1 aliphatic heterocycles. The van der Waals surface area contributed by atoms with Crippen LogP contribution in [-0.2, 0) is 9.59 Å². The van der Waals surface area contributed by atoms with E-state index in [9.17, 15) is 9.59 Å². The fourth-order valence-corrected chi connectivity index (χ4v) is 2.35. The van der Waals surface area contributed by atoms with Gasteiger partial charge in [-0.1, -0.05) is 6.92 Å². The molecule has 5 nitrogen and oxygen atoms in total. The van der Waals surface area contributed by atoms with Crippen molar-refractivity contribution in [3.63, 3.8) is 0 Å². The van der Waals surface area contributed by atoms with E-state index in [4.69, 9.17) is 10.8 Å². The summed E-state index contributed by atoms with van der Waals surface area (Å²) in [5, 5.41) is 8.78. The number of carboxylic acids is 1. The number of hydrogen-bond donors (Lipinski definition) is 2. The first-order chi connectivity index (χ1) is 8.52. The first-order valence-electron chi connectivity index (χ1n) is 6.72. The lowest BCUT2D eigenvalue weighted by molar-refractivity contribution is -0.140. The SMILES string of the molecule is CC(CN)CCC(=O)N1CCCC(CC(=O)O)C1. The lowest BCUT2D eigenvalue weighted by Crippen LogP contribution is -2.40. The van der Waals surface area contributed by atoms with Crippen molar-refractivity contribution in [2.24, 2.45) is 17.6 Å². The number of carboxylic acid groups (broad SMARTS) is 1. The summed E-state index contributed by atoms with van der Waals surface area (Å²) in [5.74, 6) is -0.142. The second-order valence-electron chi connectivity index (χ2n) is 5.33. The third kappa shape index (κ3) is 5.04. The van der Waals surface area contributed by atoms with Crippen molar-refractivity contribution in [1.29, 1.82) is 0 Å². The number of amides is 1. The largest absolute Gasteiger partial charge is 0.481 e. The Bertz CT molecular complexity index is 294. The van der Waals surface area contributed by atoms with E-state index in [2.05, 4.69) is 0 Å². The average molecular weight is 256 g/mol. The zero-order valence-corrected chi connectivity index (χ0v) is 11.1. The van der Waals surface area contributed by atoms with Crippen LogP contribution in [0, 0.1) is 11.8 Å². The molecule has 0 saturated carbocycles. The molecular weight excluding hydrogens is 232 g/mol. The summed E-state index contributed by atoms with van der Waals surface area (Å²) < 4.78 is 0. The molecule has 0 aliphatic carbocycles. The van der Waals surface area contributed by atoms with Crippen LogP contribution in [0.5, 0.6) is 0 Å². The molecule has 0 aromatic heterocycles. The molecule has 2 atom stereocenters. The Balaban J connectivity index is 2.36. The van der Waals surface area contributed by atoms with Crippen molar-refractivity contribution in [3.8, 4) is 0 Å². The molecule has 0 aromatic rings. The van der Waals surface area contributed by atoms with E-state index in [1.165, 1.54) is 0 Å². The fraction of sp³-hybridized carbons (Fsp3) is 0.846. The highest BCUT2D eigenvalue weighted by atomic mass is 16.4. The predicted molar refractivity (Wildman–Crippen MR) is 69.0 cm³/mol. The number of nitrogens with zero attached hydrogens (tertiary/aromatic N) is 1. The lowest BCUT2D eigenvalue weighted by atomic mass is 9.94. The van der Waals surface area contributed by atoms with Crippen molar-refractivity contribution in [3.05, 3.63) is 0 Å². The van der Waals surface area contributed by atoms with Crippen LogP contribution in [-0.4, -0.2) is 41.5 Å². The minimum Gasteiger partial charge on any atom is -0.481 e. The van der Waals surface area contributed by atoms with Gasteiger partial charge in [0.05, 0.1) is 0 Å². The van der Waals surface area contributed by atoms with Crippen LogP contribution < -0.4 is 5.73 Å². The maximum Gasteiger partial charge on any atom is 0.303 e. The summed E-state index contributed by atoms with van der Waals surface area (Å²) >= 11 is 0. The molecule has 1 fully saturated rings. The molecule has 0 radical (unpaired) electrons. The molecule has 3 N–H and O–H groups in total. The van der Waals surface area contributed by atoms with Gasteiger partial charge in [-0.25, -0.2) is 0 Å². The predicted octanol–water partition coefficient (Wildman–Crippen LogP) is 1.07. The first-order valence-corrected chi connectivity index (χ1v) is 6.72. The highest BCUT2D eigenvalue weighted by Gasteiger charge is 2.25. The van der Waals surface area contributed by atoms with Gasteiger partial charge in [-0.3, -0.25) is 9.59 Å². The van der Waals surface area contributed by atoms with Crippen molar-refractivity contribution in [2.45, 2.75) is 39.0 Å². The van der Waals surface area contributed by atoms with Gasteiger partial charge in [0, 0.05) is 25.9 Å². The van der Waals surface area contributed by atoms with E-state index >= 15 is 0 Å². The Labute approximate surface area is 108 Å². The van der Waals surface area contributed by atoms with Crippen LogP contribution in [0.4, 0.5) is 0 Å². The minimum atomic E-state index is -0.772. The Morgan fingerprint density at radius 1 is 1.50 bits per heavy atom. The molecule has 2 unspecified atom stereocenters. The fourth-order valence-electron chi connectivity index (χ4n) is 2.35. The number of carbonyl (C=O) groups is 2. The molecule has 104 valence electrons. The summed E-state index contributed by atoms with van der Waals surface area (Å²) in [6.07, 6.45) is 3.34. The molecule has 18 heavy (non-hydrogen) atoms. The lowest BCUT2D eigenvalue weighted by Gasteiger charge is -2.32. The maximum absolute atomic E-state index is 12.0. The van der Waals surface area contributed by atoms with Crippen LogP contribution in [0.15, 0.2) is 0 Å². The second-order valence-corrected chi connectivity index (χ2v) is 5.33. The number of rotatable bonds is 6. The number of piperidine rings is 1. The van der Waals surface area contributed by atoms with E-state index in [1.807, 2.05) is 11.8 Å². The van der Waals surface area contributed by atoms with Crippen LogP contribution in [0.25, 0.3) is 0 Å². The van der Waals surface area contributed by atoms with Crippen molar-refractivity contribution in [2.75, 3.05) is 19.6 Å². The molecule has 1 saturated heterocycles. The standard InChI is InChI=1S/C13H24N2O3/c1-10(8-14)4-5-12(16)15-6-2-3-11(9-15)7-13(17)18/h10-11H,2-9,14H2,1H3,(H,17,18). The number of aliphatic carboxylic acids is 1. The van der Waals surface area contributed by atoms with Crippen LogP contribution in [0.1, 0.15) is 39.0 Å². The summed E-state index contributed by atoms with van der Waals surface area (Å²) in [5.41, 5.74) is 5.52. The summed E-state index contributed by atoms with van der Waals surface area (Å²) in [6.45, 7) is 4.01. The quantitative estimate of drug-likeness (QED) is 0.744. The Kier molecular flexibility index (Phi) is 6.12. The highest BCUT2D eigenvalue weighted by Crippen LogP contribution is 2.20. The number of hydrogen-bond acceptors (Lipinski definition) is 3. The maximum atomic E-state index is 12.0. The molecule has 1 aliphatic rings. The van der Waals surface area contributed by atoms with E-state index in [0.29, 0.717) is 25.4 Å². The van der Waals surface area contributed by atoms with Gasteiger partial charge >= 0.3 is 5.97 Å². The Morgan fingerprint density at radius 2 is 2.22 bits per heavy atom. The molecule has 1 heterocycles. The summed E-state index contributed by atoms with van der Waals surface area (Å²) in [7, 11) is 0. The van der Waals surface area contributed by atoms with Gasteiger partial charge in [0.25, 0.3) is 0 Å². The van der Waals surface area contributed by atoms with Gasteiger partial charge < -0.3 is 15.7 Å². The van der Waals surface area contributed by atoms with Crippen molar-refractivity contribution >= 4 is 11.9 Å². The molecule has 1 amide bonds. The number of likely N-dealkylation sites (tertiary alicyclic amines) is 1. The Morgan fingerprint density at radius 3 is 2.83 bits per heavy atom. The summed E-state index contributed by atoms with van der Waals surface area (Å²) in [6, 6.07) is 0. The molecular formula is C13H24N2O3.